The second kappa shape index (κ2) is 47.6. The summed E-state index contributed by atoms with van der Waals surface area (Å²) in [4.78, 5) is 217. The number of carbonyl (C=O) groups excluding carboxylic acids is 14. The van der Waals surface area contributed by atoms with Gasteiger partial charge in [0, 0.05) is 54.3 Å². The Kier molecular flexibility index (Phi) is 38.4. The van der Waals surface area contributed by atoms with Crippen molar-refractivity contribution in [2.24, 2.45) is 22.9 Å². The number of unbranched alkanes of at least 4 members (excludes halogenated alkanes) is 2. The van der Waals surface area contributed by atoms with Gasteiger partial charge in [-0.1, -0.05) is 131 Å². The van der Waals surface area contributed by atoms with Crippen LogP contribution in [0.25, 0.3) is 10.9 Å². The average Bonchev–Trinajstić information content (AvgIpc) is 1.71. The minimum Gasteiger partial charge on any atom is -0.480 e. The lowest BCUT2D eigenvalue weighted by Gasteiger charge is -2.29. The third-order valence-corrected chi connectivity index (χ3v) is 20.7. The van der Waals surface area contributed by atoms with Crippen molar-refractivity contribution in [2.45, 2.75) is 182 Å². The fourth-order valence-corrected chi connectivity index (χ4v) is 14.3. The van der Waals surface area contributed by atoms with Crippen LogP contribution in [0, 0.1) is 0 Å². The maximum atomic E-state index is 15.4. The van der Waals surface area contributed by atoms with Gasteiger partial charge in [-0.15, -0.1) is 0 Å². The molecule has 0 saturated carbocycles. The Balaban J connectivity index is 1.47. The van der Waals surface area contributed by atoms with E-state index in [9.17, 15) is 78.0 Å². The van der Waals surface area contributed by atoms with Crippen LogP contribution in [-0.4, -0.2) is 243 Å². The topological polar surface area (TPSA) is 613 Å². The SMILES string of the molecule is C[C@H](N)C(=O)NCC(=O)NC1CSSC[C@@H](C(=O)O)NC(=O)C(CO)NC(=O)[C@H]([C@@H](C)O)NC(=O)[C@H](Cc2ccccc2)NC(=O)C([C@@H](C)O)NC(=O)[C@H](CCCCN)NC(=O)C(Cc2c[nH]c3ccccc23)NC(=O)[C@H](Cc2ccccc2)NC(=O)[C@@H](Cc2ccccc2)NC(=O)[C@H](CC(N)=O)NC(=O)[C@H](CCCCN)NC1=O. The van der Waals surface area contributed by atoms with Gasteiger partial charge in [-0.2, -0.15) is 0 Å². The summed E-state index contributed by atoms with van der Waals surface area (Å²) in [6.07, 6.45) is -3.48. The number of carboxylic acid groups (broad SMARTS) is 1. The minimum atomic E-state index is -1.99. The van der Waals surface area contributed by atoms with Gasteiger partial charge in [0.25, 0.3) is 0 Å². The van der Waals surface area contributed by atoms with Gasteiger partial charge in [0.15, 0.2) is 0 Å². The number of hydrogen-bond donors (Lipinski definition) is 22. The molecular weight excluding hydrogens is 1530 g/mol. The number of carbonyl (C=O) groups is 15. The second-order valence-electron chi connectivity index (χ2n) is 27.6. The van der Waals surface area contributed by atoms with E-state index in [0.717, 1.165) is 35.4 Å². The highest BCUT2D eigenvalue weighted by molar-refractivity contribution is 8.76. The van der Waals surface area contributed by atoms with Crippen molar-refractivity contribution in [1.82, 2.24) is 74.1 Å². The van der Waals surface area contributed by atoms with Crippen molar-refractivity contribution in [1.29, 1.82) is 0 Å². The fraction of sp³-hybridized carbons (Fsp3) is 0.461. The number of benzene rings is 4. The van der Waals surface area contributed by atoms with Crippen LogP contribution in [0.1, 0.15) is 88.0 Å². The van der Waals surface area contributed by atoms with E-state index in [4.69, 9.17) is 22.9 Å². The number of H-pyrrole nitrogens is 1. The molecule has 6 rings (SSSR count). The number of nitrogens with one attached hydrogen (secondary N) is 14. The summed E-state index contributed by atoms with van der Waals surface area (Å²) < 4.78 is 0. The van der Waals surface area contributed by atoms with Gasteiger partial charge in [-0.05, 0) is 101 Å². The van der Waals surface area contributed by atoms with Crippen molar-refractivity contribution >= 4 is 121 Å². The van der Waals surface area contributed by atoms with Crippen LogP contribution >= 0.6 is 21.6 Å². The summed E-state index contributed by atoms with van der Waals surface area (Å²) >= 11 is 0. The molecule has 4 unspecified atom stereocenters. The average molecular weight is 1640 g/mol. The van der Waals surface area contributed by atoms with E-state index in [1.165, 1.54) is 6.92 Å². The van der Waals surface area contributed by atoms with E-state index >= 15 is 14.4 Å². The summed E-state index contributed by atoms with van der Waals surface area (Å²) in [6, 6.07) is 9.57. The third kappa shape index (κ3) is 30.7. The predicted octanol–water partition coefficient (Wildman–Crippen LogP) is -4.91. The molecule has 0 bridgehead atoms. The number of rotatable bonds is 26. The van der Waals surface area contributed by atoms with Gasteiger partial charge < -0.3 is 117 Å². The van der Waals surface area contributed by atoms with E-state index in [-0.39, 0.29) is 70.9 Å². The molecule has 37 nitrogen and oxygen atoms in total. The summed E-state index contributed by atoms with van der Waals surface area (Å²) in [6.45, 7) is 1.88. The maximum absolute atomic E-state index is 15.4. The Hall–Kier alpha value is -11.1. The summed E-state index contributed by atoms with van der Waals surface area (Å²) in [5.74, 6) is -17.7. The van der Waals surface area contributed by atoms with Crippen molar-refractivity contribution in [3.8, 4) is 0 Å². The van der Waals surface area contributed by atoms with Crippen LogP contribution in [-0.2, 0) is 97.6 Å². The number of para-hydroxylation sites is 1. The molecule has 1 saturated heterocycles. The first-order valence-electron chi connectivity index (χ1n) is 37.4. The lowest BCUT2D eigenvalue weighted by atomic mass is 10.00. The quantitative estimate of drug-likeness (QED) is 0.0182. The molecule has 0 aliphatic carbocycles. The molecule has 14 amide bonds. The van der Waals surface area contributed by atoms with Gasteiger partial charge in [0.2, 0.25) is 82.7 Å². The largest absolute Gasteiger partial charge is 0.480 e. The Bertz CT molecular complexity index is 4130. The number of fused-ring (bicyclic) bond motifs is 1. The molecule has 15 atom stereocenters. The molecule has 1 aliphatic rings. The molecule has 39 heteroatoms. The number of aromatic amines is 1. The number of aromatic nitrogens is 1. The molecular formula is C76H104N18O19S2. The third-order valence-electron chi connectivity index (χ3n) is 18.3. The highest BCUT2D eigenvalue weighted by Crippen LogP contribution is 2.25. The van der Waals surface area contributed by atoms with Gasteiger partial charge >= 0.3 is 5.97 Å². The zero-order valence-corrected chi connectivity index (χ0v) is 65.4. The molecule has 2 heterocycles. The normalized spacial score (nSPS) is 23.7. The van der Waals surface area contributed by atoms with Crippen LogP contribution in [0.3, 0.4) is 0 Å². The minimum absolute atomic E-state index is 0.104. The van der Waals surface area contributed by atoms with Gasteiger partial charge in [-0.3, -0.25) is 67.1 Å². The molecule has 115 heavy (non-hydrogen) atoms. The van der Waals surface area contributed by atoms with E-state index < -0.39 is 210 Å². The number of primary amides is 1. The first-order chi connectivity index (χ1) is 54.9. The summed E-state index contributed by atoms with van der Waals surface area (Å²) in [5, 5.41) is 76.1. The van der Waals surface area contributed by atoms with Gasteiger partial charge in [0.1, 0.15) is 72.5 Å². The van der Waals surface area contributed by atoms with E-state index in [1.807, 2.05) is 0 Å². The molecule has 0 radical (unpaired) electrons. The second-order valence-corrected chi connectivity index (χ2v) is 30.1. The van der Waals surface area contributed by atoms with Crippen molar-refractivity contribution in [2.75, 3.05) is 37.7 Å². The smallest absolute Gasteiger partial charge is 0.327 e. The summed E-state index contributed by atoms with van der Waals surface area (Å²) in [7, 11) is 1.49. The van der Waals surface area contributed by atoms with Crippen molar-refractivity contribution in [3.63, 3.8) is 0 Å². The molecule has 0 spiro atoms. The Morgan fingerprint density at radius 3 is 1.30 bits per heavy atom. The van der Waals surface area contributed by atoms with E-state index in [2.05, 4.69) is 74.1 Å². The van der Waals surface area contributed by atoms with Gasteiger partial charge in [0.05, 0.1) is 37.8 Å². The van der Waals surface area contributed by atoms with Crippen molar-refractivity contribution in [3.05, 3.63) is 144 Å². The monoisotopic (exact) mass is 1640 g/mol. The number of aliphatic hydroxyl groups is 3. The molecule has 26 N–H and O–H groups in total. The lowest BCUT2D eigenvalue weighted by molar-refractivity contribution is -0.142. The van der Waals surface area contributed by atoms with Crippen LogP contribution in [0.2, 0.25) is 0 Å². The van der Waals surface area contributed by atoms with Crippen LogP contribution < -0.4 is 92.1 Å². The van der Waals surface area contributed by atoms with Crippen molar-refractivity contribution < 1.29 is 92.3 Å². The van der Waals surface area contributed by atoms with Crippen LogP contribution in [0.15, 0.2) is 121 Å². The highest BCUT2D eigenvalue weighted by Gasteiger charge is 2.40. The van der Waals surface area contributed by atoms with Crippen LogP contribution in [0.5, 0.6) is 0 Å². The Labute approximate surface area is 670 Å². The number of amides is 14. The van der Waals surface area contributed by atoms with Gasteiger partial charge in [-0.25, -0.2) is 4.79 Å². The number of hydrogen-bond acceptors (Lipinski definition) is 23. The molecule has 1 aromatic heterocycles. The molecule has 624 valence electrons. The summed E-state index contributed by atoms with van der Waals surface area (Å²) in [5.41, 5.74) is 25.6. The molecule has 4 aromatic carbocycles. The lowest BCUT2D eigenvalue weighted by Crippen LogP contribution is -2.63. The first kappa shape index (κ1) is 92.8. The highest BCUT2D eigenvalue weighted by atomic mass is 33.1. The number of nitrogens with two attached hydrogens (primary N) is 4. The number of aliphatic carboxylic acids is 1. The first-order valence-corrected chi connectivity index (χ1v) is 39.8. The van der Waals surface area contributed by atoms with Crippen LogP contribution in [0.4, 0.5) is 0 Å². The zero-order chi connectivity index (χ0) is 84.3. The molecule has 1 fully saturated rings. The van der Waals surface area contributed by atoms with E-state index in [0.29, 0.717) is 39.6 Å². The molecule has 1 aliphatic heterocycles. The fourth-order valence-electron chi connectivity index (χ4n) is 11.9. The predicted molar refractivity (Wildman–Crippen MR) is 425 cm³/mol. The standard InChI is InChI=1S/C76H104N18O19S2/c1-41(79)64(100)82-37-61(99)83-58-39-114-115-40-59(76(112)113)92-72(108)57(38-95)91-75(111)63(43(3)97)94-71(107)54(33-46-23-11-6-12-24-46)90-74(110)62(42(2)96)93-66(102)51(28-16-18-30-78)84-69(105)55(34-47-36-81-49-26-14-13-25-48(47)49)88-68(104)53(32-45-21-9-5-10-22-45)86-67(103)52(31-44-19-7-4-8-20-44)87-70(106)56(35-60(80)98)89-65(101)50(85-73(58)109)27-15-17-29-77/h4-14,19-26,36,41-43,50-59,62-63,81,95-97H,15-18,27-35,37-40,77-79H2,1-3H3,(H2,80,98)(H,82,100)(H,83,99)(H,84,105)(H,85,109)(H,86,103)(H,87,106)(H,88,104)(H,89,101)(H,90,110)(H,91,111)(H,92,108)(H,93,102)(H,94,107)(H,112,113)/t41-,42+,43+,50-,51-,52+,53-,54-,55?,56-,57?,58?,59-,62?,63-/m0/s1. The number of aliphatic hydroxyl groups excluding tert-OH is 3. The number of carboxylic acids is 1. The Morgan fingerprint density at radius 1 is 0.470 bits per heavy atom. The molecule has 5 aromatic rings. The Morgan fingerprint density at radius 2 is 0.852 bits per heavy atom. The van der Waals surface area contributed by atoms with E-state index in [1.54, 1.807) is 121 Å². The zero-order valence-electron chi connectivity index (χ0n) is 63.8. The maximum Gasteiger partial charge on any atom is 0.327 e.